The molecule has 0 spiro atoms. The third-order valence-electron chi connectivity index (χ3n) is 3.03. The third-order valence-corrected chi connectivity index (χ3v) is 3.03. The van der Waals surface area contributed by atoms with E-state index in [1.807, 2.05) is 0 Å². The zero-order chi connectivity index (χ0) is 15.5. The van der Waals surface area contributed by atoms with Gasteiger partial charge in [0.05, 0.1) is 0 Å². The number of benzene rings is 2. The molecule has 2 aromatic rings. The molecule has 0 unspecified atom stereocenters. The van der Waals surface area contributed by atoms with E-state index in [-0.39, 0.29) is 12.0 Å². The normalized spacial score (nSPS) is 11.2. The molecule has 0 aliphatic carbocycles. The molecule has 0 aliphatic heterocycles. The monoisotopic (exact) mass is 284 g/mol. The highest BCUT2D eigenvalue weighted by Gasteiger charge is 2.24. The number of carbonyl (C=O) groups is 2. The molecule has 0 saturated heterocycles. The molecule has 0 heterocycles. The first-order valence-electron chi connectivity index (χ1n) is 6.55. The molecule has 0 saturated carbocycles. The molecule has 0 fully saturated rings. The maximum absolute atomic E-state index is 12.3. The summed E-state index contributed by atoms with van der Waals surface area (Å²) < 4.78 is 0. The Balaban J connectivity index is 2.34. The highest BCUT2D eigenvalue weighted by molar-refractivity contribution is 6.49. The highest BCUT2D eigenvalue weighted by atomic mass is 16.5. The largest absolute Gasteiger partial charge is 0.366 e. The molecule has 108 valence electrons. The molecule has 21 heavy (non-hydrogen) atoms. The Morgan fingerprint density at radius 3 is 2.10 bits per heavy atom. The van der Waals surface area contributed by atoms with E-state index in [0.717, 1.165) is 0 Å². The summed E-state index contributed by atoms with van der Waals surface area (Å²) >= 11 is 0. The molecule has 0 amide bonds. The van der Waals surface area contributed by atoms with Crippen molar-refractivity contribution in [3.8, 4) is 0 Å². The molecule has 2 N–H and O–H groups in total. The van der Waals surface area contributed by atoms with Crippen LogP contribution >= 0.6 is 0 Å². The minimum absolute atomic E-state index is 0.128. The van der Waals surface area contributed by atoms with Crippen LogP contribution in [0.25, 0.3) is 0 Å². The van der Waals surface area contributed by atoms with Crippen molar-refractivity contribution >= 4 is 11.6 Å². The maximum Gasteiger partial charge on any atom is 0.233 e. The van der Waals surface area contributed by atoms with Crippen molar-refractivity contribution in [3.05, 3.63) is 71.3 Å². The van der Waals surface area contributed by atoms with Crippen LogP contribution in [-0.4, -0.2) is 27.6 Å². The lowest BCUT2D eigenvalue weighted by atomic mass is 9.94. The van der Waals surface area contributed by atoms with Gasteiger partial charge in [-0.2, -0.15) is 0 Å². The fourth-order valence-corrected chi connectivity index (χ4v) is 2.10. The van der Waals surface area contributed by atoms with Crippen LogP contribution in [0.5, 0.6) is 0 Å². The molecular formula is C17H16O4. The second-order valence-corrected chi connectivity index (χ2v) is 5.08. The first-order chi connectivity index (χ1) is 9.88. The van der Waals surface area contributed by atoms with Crippen molar-refractivity contribution in [2.75, 3.05) is 0 Å². The second kappa shape index (κ2) is 5.99. The molecule has 2 rings (SSSR count). The van der Waals surface area contributed by atoms with Gasteiger partial charge in [-0.15, -0.1) is 0 Å². The summed E-state index contributed by atoms with van der Waals surface area (Å²) in [6.07, 6.45) is -0.128. The van der Waals surface area contributed by atoms with Gasteiger partial charge in [0.25, 0.3) is 0 Å². The average Bonchev–Trinajstić information content (AvgIpc) is 2.45. The molecular weight excluding hydrogens is 268 g/mol. The molecule has 0 bridgehead atoms. The molecule has 4 heteroatoms. The van der Waals surface area contributed by atoms with Crippen LogP contribution in [0, 0.1) is 0 Å². The van der Waals surface area contributed by atoms with E-state index in [2.05, 4.69) is 0 Å². The van der Waals surface area contributed by atoms with Gasteiger partial charge >= 0.3 is 0 Å². The lowest BCUT2D eigenvalue weighted by Crippen LogP contribution is -2.27. The van der Waals surface area contributed by atoms with E-state index >= 15 is 0 Å². The number of Topliss-reactive ketones (excluding diaryl/α,β-unsaturated/α-hetero) is 2. The number of hydrogen-bond donors (Lipinski definition) is 2. The van der Waals surface area contributed by atoms with E-state index in [1.54, 1.807) is 48.5 Å². The summed E-state index contributed by atoms with van der Waals surface area (Å²) in [5.74, 6) is -3.20. The number of ketones is 2. The minimum Gasteiger partial charge on any atom is -0.366 e. The van der Waals surface area contributed by atoms with E-state index in [0.29, 0.717) is 11.1 Å². The average molecular weight is 284 g/mol. The predicted molar refractivity (Wildman–Crippen MR) is 78.1 cm³/mol. The SMILES string of the molecule is CC(O)(O)Cc1ccccc1C(=O)C(=O)c1ccccc1. The molecule has 4 nitrogen and oxygen atoms in total. The van der Waals surface area contributed by atoms with Crippen LogP contribution in [0.3, 0.4) is 0 Å². The number of carbonyl (C=O) groups excluding carboxylic acids is 2. The van der Waals surface area contributed by atoms with E-state index in [4.69, 9.17) is 0 Å². The Labute approximate surface area is 122 Å². The molecule has 0 aromatic heterocycles. The summed E-state index contributed by atoms with van der Waals surface area (Å²) in [5.41, 5.74) is 0.938. The maximum atomic E-state index is 12.3. The number of hydrogen-bond acceptors (Lipinski definition) is 4. The van der Waals surface area contributed by atoms with Gasteiger partial charge in [-0.1, -0.05) is 54.6 Å². The fraction of sp³-hybridized carbons (Fsp3) is 0.176. The smallest absolute Gasteiger partial charge is 0.233 e. The van der Waals surface area contributed by atoms with Gasteiger partial charge in [0, 0.05) is 17.5 Å². The quantitative estimate of drug-likeness (QED) is 0.500. The van der Waals surface area contributed by atoms with Crippen molar-refractivity contribution in [2.24, 2.45) is 0 Å². The van der Waals surface area contributed by atoms with Crippen LogP contribution in [0.4, 0.5) is 0 Å². The number of aliphatic hydroxyl groups is 2. The van der Waals surface area contributed by atoms with Crippen molar-refractivity contribution in [1.29, 1.82) is 0 Å². The summed E-state index contributed by atoms with van der Waals surface area (Å²) in [5, 5.41) is 19.0. The zero-order valence-corrected chi connectivity index (χ0v) is 11.6. The summed E-state index contributed by atoms with van der Waals surface area (Å²) in [6, 6.07) is 14.7. The van der Waals surface area contributed by atoms with Gasteiger partial charge in [0.1, 0.15) is 0 Å². The van der Waals surface area contributed by atoms with Crippen molar-refractivity contribution in [3.63, 3.8) is 0 Å². The highest BCUT2D eigenvalue weighted by Crippen LogP contribution is 2.17. The van der Waals surface area contributed by atoms with Crippen LogP contribution in [0.2, 0.25) is 0 Å². The summed E-state index contributed by atoms with van der Waals surface area (Å²) in [6.45, 7) is 1.23. The van der Waals surface area contributed by atoms with Gasteiger partial charge in [-0.25, -0.2) is 0 Å². The van der Waals surface area contributed by atoms with Gasteiger partial charge in [-0.05, 0) is 12.5 Å². The van der Waals surface area contributed by atoms with Crippen molar-refractivity contribution in [2.45, 2.75) is 19.1 Å². The molecule has 0 atom stereocenters. The van der Waals surface area contributed by atoms with Crippen LogP contribution < -0.4 is 0 Å². The predicted octanol–water partition coefficient (Wildman–Crippen LogP) is 2.00. The van der Waals surface area contributed by atoms with Crippen LogP contribution in [0.15, 0.2) is 54.6 Å². The van der Waals surface area contributed by atoms with Crippen LogP contribution in [-0.2, 0) is 6.42 Å². The summed E-state index contributed by atoms with van der Waals surface area (Å²) in [4.78, 5) is 24.5. The second-order valence-electron chi connectivity index (χ2n) is 5.08. The standard InChI is InChI=1S/C17H16O4/c1-17(20,21)11-13-9-5-6-10-14(13)16(19)15(18)12-7-3-2-4-8-12/h2-10,20-21H,11H2,1H3. The first-order valence-corrected chi connectivity index (χ1v) is 6.55. The molecule has 0 aliphatic rings. The van der Waals surface area contributed by atoms with Crippen molar-refractivity contribution < 1.29 is 19.8 Å². The minimum atomic E-state index is -1.94. The third kappa shape index (κ3) is 3.84. The lowest BCUT2D eigenvalue weighted by molar-refractivity contribution is -0.142. The topological polar surface area (TPSA) is 74.6 Å². The zero-order valence-electron chi connectivity index (χ0n) is 11.6. The molecule has 2 aromatic carbocycles. The Morgan fingerprint density at radius 1 is 0.905 bits per heavy atom. The fourth-order valence-electron chi connectivity index (χ4n) is 2.10. The van der Waals surface area contributed by atoms with Gasteiger partial charge in [-0.3, -0.25) is 9.59 Å². The Bertz CT molecular complexity index is 654. The van der Waals surface area contributed by atoms with Crippen molar-refractivity contribution in [1.82, 2.24) is 0 Å². The van der Waals surface area contributed by atoms with Gasteiger partial charge in [0.15, 0.2) is 5.79 Å². The molecule has 0 radical (unpaired) electrons. The van der Waals surface area contributed by atoms with Gasteiger partial charge in [0.2, 0.25) is 11.6 Å². The van der Waals surface area contributed by atoms with Crippen LogP contribution in [0.1, 0.15) is 33.2 Å². The Kier molecular flexibility index (Phi) is 4.31. The summed E-state index contributed by atoms with van der Waals surface area (Å²) in [7, 11) is 0. The van der Waals surface area contributed by atoms with Gasteiger partial charge < -0.3 is 10.2 Å². The first kappa shape index (κ1) is 15.1. The Morgan fingerprint density at radius 2 is 1.48 bits per heavy atom. The number of rotatable bonds is 5. The van der Waals surface area contributed by atoms with E-state index in [1.165, 1.54) is 13.0 Å². The lowest BCUT2D eigenvalue weighted by Gasteiger charge is -2.17. The Hall–Kier alpha value is -2.30. The van der Waals surface area contributed by atoms with E-state index < -0.39 is 17.4 Å². The van der Waals surface area contributed by atoms with E-state index in [9.17, 15) is 19.8 Å².